The quantitative estimate of drug-likeness (QED) is 0.780. The normalized spacial score (nSPS) is 12.4. The van der Waals surface area contributed by atoms with Crippen LogP contribution in [0.4, 0.5) is 5.69 Å². The molecule has 1 heterocycles. The molecule has 3 aromatic carbocycles. The Morgan fingerprint density at radius 3 is 2.68 bits per heavy atom. The molecule has 0 unspecified atom stereocenters. The fourth-order valence-corrected chi connectivity index (χ4v) is 2.55. The number of benzene rings is 3. The molecule has 0 aromatic heterocycles. The van der Waals surface area contributed by atoms with E-state index in [-0.39, 0.29) is 12.7 Å². The van der Waals surface area contributed by atoms with Gasteiger partial charge in [0.25, 0.3) is 5.91 Å². The molecule has 0 saturated carbocycles. The summed E-state index contributed by atoms with van der Waals surface area (Å²) in [5, 5.41) is 5.02. The molecule has 0 spiro atoms. The van der Waals surface area contributed by atoms with Crippen LogP contribution in [0, 0.1) is 0 Å². The fourth-order valence-electron chi connectivity index (χ4n) is 2.55. The molecule has 4 heteroatoms. The van der Waals surface area contributed by atoms with Gasteiger partial charge in [-0.2, -0.15) is 0 Å². The van der Waals surface area contributed by atoms with Gasteiger partial charge >= 0.3 is 0 Å². The second-order valence-electron chi connectivity index (χ2n) is 5.06. The number of fused-ring (bicyclic) bond motifs is 2. The van der Waals surface area contributed by atoms with E-state index in [0.29, 0.717) is 22.7 Å². The number of hydrogen-bond acceptors (Lipinski definition) is 3. The highest BCUT2D eigenvalue weighted by Gasteiger charge is 2.19. The molecule has 1 aliphatic rings. The van der Waals surface area contributed by atoms with E-state index in [9.17, 15) is 4.79 Å². The SMILES string of the molecule is O=C(Nc1cccc2c1OCO2)c1ccc2ccccc2c1. The third-order valence-electron chi connectivity index (χ3n) is 3.66. The van der Waals surface area contributed by atoms with Gasteiger partial charge in [-0.3, -0.25) is 4.79 Å². The lowest BCUT2D eigenvalue weighted by atomic mass is 10.1. The van der Waals surface area contributed by atoms with Crippen LogP contribution in [0.5, 0.6) is 11.5 Å². The van der Waals surface area contributed by atoms with Gasteiger partial charge in [0.15, 0.2) is 11.5 Å². The zero-order valence-corrected chi connectivity index (χ0v) is 11.7. The molecule has 3 aromatic rings. The predicted octanol–water partition coefficient (Wildman–Crippen LogP) is 3.82. The second kappa shape index (κ2) is 5.07. The monoisotopic (exact) mass is 291 g/mol. The molecule has 1 amide bonds. The van der Waals surface area contributed by atoms with Crippen molar-refractivity contribution in [3.8, 4) is 11.5 Å². The van der Waals surface area contributed by atoms with Gasteiger partial charge in [0.1, 0.15) is 0 Å². The highest BCUT2D eigenvalue weighted by Crippen LogP contribution is 2.38. The van der Waals surface area contributed by atoms with E-state index >= 15 is 0 Å². The molecule has 22 heavy (non-hydrogen) atoms. The zero-order valence-electron chi connectivity index (χ0n) is 11.7. The Bertz CT molecular complexity index is 873. The number of carbonyl (C=O) groups is 1. The van der Waals surface area contributed by atoms with Crippen molar-refractivity contribution in [1.82, 2.24) is 0 Å². The molecule has 0 atom stereocenters. The summed E-state index contributed by atoms with van der Waals surface area (Å²) in [6.07, 6.45) is 0. The van der Waals surface area contributed by atoms with Crippen molar-refractivity contribution in [1.29, 1.82) is 0 Å². The minimum Gasteiger partial charge on any atom is -0.454 e. The summed E-state index contributed by atoms with van der Waals surface area (Å²) < 4.78 is 10.7. The van der Waals surface area contributed by atoms with Crippen LogP contribution >= 0.6 is 0 Å². The van der Waals surface area contributed by atoms with Crippen LogP contribution in [0.25, 0.3) is 10.8 Å². The molecule has 0 saturated heterocycles. The van der Waals surface area contributed by atoms with Gasteiger partial charge in [-0.15, -0.1) is 0 Å². The molecule has 4 nitrogen and oxygen atoms in total. The van der Waals surface area contributed by atoms with Crippen LogP contribution in [0.3, 0.4) is 0 Å². The first-order valence-corrected chi connectivity index (χ1v) is 7.00. The van der Waals surface area contributed by atoms with Crippen molar-refractivity contribution in [3.63, 3.8) is 0 Å². The first kappa shape index (κ1) is 12.7. The number of nitrogens with one attached hydrogen (secondary N) is 1. The van der Waals surface area contributed by atoms with E-state index in [1.54, 1.807) is 6.07 Å². The smallest absolute Gasteiger partial charge is 0.255 e. The van der Waals surface area contributed by atoms with Crippen molar-refractivity contribution in [2.24, 2.45) is 0 Å². The maximum Gasteiger partial charge on any atom is 0.255 e. The molecule has 108 valence electrons. The Morgan fingerprint density at radius 2 is 1.77 bits per heavy atom. The lowest BCUT2D eigenvalue weighted by Crippen LogP contribution is -2.12. The van der Waals surface area contributed by atoms with Gasteiger partial charge in [0.05, 0.1) is 5.69 Å². The molecule has 0 bridgehead atoms. The maximum absolute atomic E-state index is 12.5. The summed E-state index contributed by atoms with van der Waals surface area (Å²) in [6.45, 7) is 0.179. The van der Waals surface area contributed by atoms with Gasteiger partial charge in [-0.05, 0) is 35.0 Å². The van der Waals surface area contributed by atoms with Crippen molar-refractivity contribution in [2.45, 2.75) is 0 Å². The third-order valence-corrected chi connectivity index (χ3v) is 3.66. The van der Waals surface area contributed by atoms with Crippen LogP contribution in [-0.4, -0.2) is 12.7 Å². The van der Waals surface area contributed by atoms with Gasteiger partial charge in [0, 0.05) is 5.56 Å². The maximum atomic E-state index is 12.5. The Labute approximate surface area is 127 Å². The standard InChI is InChI=1S/C18H13NO3/c20-18(14-9-8-12-4-1-2-5-13(12)10-14)19-15-6-3-7-16-17(15)22-11-21-16/h1-10H,11H2,(H,19,20). The first-order valence-electron chi connectivity index (χ1n) is 7.00. The number of ether oxygens (including phenoxy) is 2. The van der Waals surface area contributed by atoms with Crippen LogP contribution in [0.15, 0.2) is 60.7 Å². The number of amides is 1. The molecule has 1 N–H and O–H groups in total. The first-order chi connectivity index (χ1) is 10.8. The number of carbonyl (C=O) groups excluding carboxylic acids is 1. The number of anilines is 1. The van der Waals surface area contributed by atoms with Crippen molar-refractivity contribution in [3.05, 3.63) is 66.2 Å². The van der Waals surface area contributed by atoms with Crippen LogP contribution in [0.1, 0.15) is 10.4 Å². The number of hydrogen-bond donors (Lipinski definition) is 1. The number of rotatable bonds is 2. The summed E-state index contributed by atoms with van der Waals surface area (Å²) in [6, 6.07) is 19.0. The largest absolute Gasteiger partial charge is 0.454 e. The molecule has 4 rings (SSSR count). The molecular weight excluding hydrogens is 278 g/mol. The molecular formula is C18H13NO3. The van der Waals surface area contributed by atoms with E-state index in [0.717, 1.165) is 10.8 Å². The van der Waals surface area contributed by atoms with E-state index in [2.05, 4.69) is 5.32 Å². The second-order valence-corrected chi connectivity index (χ2v) is 5.06. The molecule has 0 aliphatic carbocycles. The minimum absolute atomic E-state index is 0.172. The van der Waals surface area contributed by atoms with Crippen LogP contribution in [-0.2, 0) is 0 Å². The Balaban J connectivity index is 1.65. The lowest BCUT2D eigenvalue weighted by molar-refractivity contribution is 0.102. The van der Waals surface area contributed by atoms with Crippen molar-refractivity contribution < 1.29 is 14.3 Å². The van der Waals surface area contributed by atoms with Crippen molar-refractivity contribution >= 4 is 22.4 Å². The van der Waals surface area contributed by atoms with E-state index in [4.69, 9.17) is 9.47 Å². The van der Waals surface area contributed by atoms with Crippen LogP contribution in [0.2, 0.25) is 0 Å². The van der Waals surface area contributed by atoms with Gasteiger partial charge in [0.2, 0.25) is 6.79 Å². The predicted molar refractivity (Wildman–Crippen MR) is 84.5 cm³/mol. The summed E-state index contributed by atoms with van der Waals surface area (Å²) in [4.78, 5) is 12.5. The van der Waals surface area contributed by atoms with E-state index in [1.165, 1.54) is 0 Å². The zero-order chi connectivity index (χ0) is 14.9. The summed E-state index contributed by atoms with van der Waals surface area (Å²) in [5.41, 5.74) is 1.23. The molecule has 1 aliphatic heterocycles. The van der Waals surface area contributed by atoms with Crippen molar-refractivity contribution in [2.75, 3.05) is 12.1 Å². The minimum atomic E-state index is -0.172. The Hall–Kier alpha value is -3.01. The molecule has 0 radical (unpaired) electrons. The Morgan fingerprint density at radius 1 is 0.909 bits per heavy atom. The van der Waals surface area contributed by atoms with Gasteiger partial charge in [-0.1, -0.05) is 36.4 Å². The summed E-state index contributed by atoms with van der Waals surface area (Å²) in [5.74, 6) is 1.06. The lowest BCUT2D eigenvalue weighted by Gasteiger charge is -2.08. The van der Waals surface area contributed by atoms with E-state index in [1.807, 2.05) is 54.6 Å². The third kappa shape index (κ3) is 2.15. The Kier molecular flexibility index (Phi) is 2.93. The topological polar surface area (TPSA) is 47.6 Å². The van der Waals surface area contributed by atoms with E-state index < -0.39 is 0 Å². The highest BCUT2D eigenvalue weighted by molar-refractivity contribution is 6.07. The number of para-hydroxylation sites is 1. The molecule has 0 fully saturated rings. The fraction of sp³-hybridized carbons (Fsp3) is 0.0556. The highest BCUT2D eigenvalue weighted by atomic mass is 16.7. The summed E-state index contributed by atoms with van der Waals surface area (Å²) >= 11 is 0. The van der Waals surface area contributed by atoms with Gasteiger partial charge < -0.3 is 14.8 Å². The average Bonchev–Trinajstić information content (AvgIpc) is 3.04. The van der Waals surface area contributed by atoms with Crippen LogP contribution < -0.4 is 14.8 Å². The summed E-state index contributed by atoms with van der Waals surface area (Å²) in [7, 11) is 0. The van der Waals surface area contributed by atoms with Gasteiger partial charge in [-0.25, -0.2) is 0 Å². The average molecular weight is 291 g/mol.